The van der Waals surface area contributed by atoms with E-state index in [-0.39, 0.29) is 0 Å². The molecule has 1 heterocycles. The summed E-state index contributed by atoms with van der Waals surface area (Å²) in [5.74, 6) is 0. The molecule has 0 amide bonds. The van der Waals surface area contributed by atoms with Crippen molar-refractivity contribution in [2.75, 3.05) is 33.2 Å². The highest BCUT2D eigenvalue weighted by Crippen LogP contribution is 2.07. The van der Waals surface area contributed by atoms with Gasteiger partial charge >= 0.3 is 0 Å². The summed E-state index contributed by atoms with van der Waals surface area (Å²) >= 11 is 0. The number of hydrogen-bond donors (Lipinski definition) is 1. The number of nitrogens with zero attached hydrogens (tertiary/aromatic N) is 2. The van der Waals surface area contributed by atoms with Crippen LogP contribution in [0.25, 0.3) is 0 Å². The molecule has 1 fully saturated rings. The molecule has 1 aliphatic heterocycles. The van der Waals surface area contributed by atoms with Crippen molar-refractivity contribution in [2.24, 2.45) is 5.73 Å². The molecule has 72 valence electrons. The van der Waals surface area contributed by atoms with Crippen LogP contribution in [0.3, 0.4) is 0 Å². The normalized spacial score (nSPS) is 30.5. The minimum atomic E-state index is 0.302. The Morgan fingerprint density at radius 1 is 1.50 bits per heavy atom. The molecule has 0 aromatic rings. The quantitative estimate of drug-likeness (QED) is 0.633. The van der Waals surface area contributed by atoms with Crippen molar-refractivity contribution in [1.29, 1.82) is 0 Å². The first-order valence-corrected chi connectivity index (χ1v) is 4.77. The molecule has 0 saturated carbocycles. The molecule has 2 atom stereocenters. The summed E-state index contributed by atoms with van der Waals surface area (Å²) in [5.41, 5.74) is 5.76. The first-order valence-electron chi connectivity index (χ1n) is 4.77. The van der Waals surface area contributed by atoms with Crippen LogP contribution in [-0.2, 0) is 0 Å². The van der Waals surface area contributed by atoms with E-state index in [4.69, 9.17) is 5.73 Å². The Morgan fingerprint density at radius 3 is 2.67 bits per heavy atom. The van der Waals surface area contributed by atoms with Gasteiger partial charge in [-0.1, -0.05) is 0 Å². The number of nitrogens with two attached hydrogens (primary N) is 1. The molecule has 1 unspecified atom stereocenters. The Kier molecular flexibility index (Phi) is 3.50. The van der Waals surface area contributed by atoms with Gasteiger partial charge in [0.1, 0.15) is 0 Å². The lowest BCUT2D eigenvalue weighted by molar-refractivity contribution is 0.0961. The van der Waals surface area contributed by atoms with Gasteiger partial charge < -0.3 is 10.6 Å². The number of rotatable bonds is 2. The lowest BCUT2D eigenvalue weighted by Crippen LogP contribution is -2.53. The van der Waals surface area contributed by atoms with E-state index in [0.29, 0.717) is 12.1 Å². The fourth-order valence-electron chi connectivity index (χ4n) is 1.82. The van der Waals surface area contributed by atoms with Crippen LogP contribution in [0.4, 0.5) is 0 Å². The van der Waals surface area contributed by atoms with Crippen molar-refractivity contribution in [2.45, 2.75) is 25.9 Å². The molecular formula is C9H21N3. The Hall–Kier alpha value is -0.120. The predicted octanol–water partition coefficient (Wildman–Crippen LogP) is -0.0305. The van der Waals surface area contributed by atoms with Gasteiger partial charge in [-0.2, -0.15) is 0 Å². The van der Waals surface area contributed by atoms with Crippen molar-refractivity contribution in [3.63, 3.8) is 0 Å². The van der Waals surface area contributed by atoms with Crippen molar-refractivity contribution < 1.29 is 0 Å². The van der Waals surface area contributed by atoms with Gasteiger partial charge in [-0.15, -0.1) is 0 Å². The van der Waals surface area contributed by atoms with E-state index in [2.05, 4.69) is 30.7 Å². The molecule has 1 rings (SSSR count). The number of hydrogen-bond acceptors (Lipinski definition) is 3. The van der Waals surface area contributed by atoms with Crippen LogP contribution in [-0.4, -0.2) is 55.1 Å². The van der Waals surface area contributed by atoms with Crippen LogP contribution in [0.15, 0.2) is 0 Å². The van der Waals surface area contributed by atoms with Crippen molar-refractivity contribution in [3.05, 3.63) is 0 Å². The number of likely N-dealkylation sites (N-methyl/N-ethyl adjacent to an activating group) is 1. The van der Waals surface area contributed by atoms with E-state index in [9.17, 15) is 0 Å². The van der Waals surface area contributed by atoms with E-state index in [1.165, 1.54) is 19.6 Å². The third-order valence-corrected chi connectivity index (χ3v) is 2.49. The number of piperazine rings is 1. The highest BCUT2D eigenvalue weighted by molar-refractivity contribution is 4.78. The third-order valence-electron chi connectivity index (χ3n) is 2.49. The summed E-state index contributed by atoms with van der Waals surface area (Å²) in [4.78, 5) is 4.85. The average molecular weight is 171 g/mol. The van der Waals surface area contributed by atoms with Gasteiger partial charge in [0.25, 0.3) is 0 Å². The maximum Gasteiger partial charge on any atom is 0.0195 e. The third kappa shape index (κ3) is 2.73. The zero-order valence-electron chi connectivity index (χ0n) is 8.45. The summed E-state index contributed by atoms with van der Waals surface area (Å²) in [5, 5.41) is 0. The van der Waals surface area contributed by atoms with Crippen LogP contribution in [0, 0.1) is 0 Å². The van der Waals surface area contributed by atoms with E-state index in [1.54, 1.807) is 0 Å². The van der Waals surface area contributed by atoms with Gasteiger partial charge in [-0.05, 0) is 20.9 Å². The van der Waals surface area contributed by atoms with Gasteiger partial charge in [0.05, 0.1) is 0 Å². The average Bonchev–Trinajstić information content (AvgIpc) is 1.94. The molecule has 0 radical (unpaired) electrons. The zero-order valence-corrected chi connectivity index (χ0v) is 8.45. The molecule has 2 N–H and O–H groups in total. The summed E-state index contributed by atoms with van der Waals surface area (Å²) in [6.07, 6.45) is 0. The monoisotopic (exact) mass is 171 g/mol. The van der Waals surface area contributed by atoms with E-state index in [0.717, 1.165) is 6.54 Å². The van der Waals surface area contributed by atoms with E-state index >= 15 is 0 Å². The molecule has 3 nitrogen and oxygen atoms in total. The minimum absolute atomic E-state index is 0.302. The molecule has 1 aliphatic rings. The van der Waals surface area contributed by atoms with Gasteiger partial charge in [0.2, 0.25) is 0 Å². The second-order valence-electron chi connectivity index (χ2n) is 4.08. The van der Waals surface area contributed by atoms with Crippen molar-refractivity contribution >= 4 is 0 Å². The second kappa shape index (κ2) is 4.21. The SMILES string of the molecule is CC1CN(C)CCN1C[C@@H](C)N. The maximum absolute atomic E-state index is 5.76. The standard InChI is InChI=1S/C9H21N3/c1-8(10)6-12-5-4-11(3)7-9(12)2/h8-9H,4-7,10H2,1-3H3/t8-,9?/m1/s1. The molecule has 0 aromatic carbocycles. The first-order chi connectivity index (χ1) is 5.59. The van der Waals surface area contributed by atoms with Crippen LogP contribution in [0.2, 0.25) is 0 Å². The summed E-state index contributed by atoms with van der Waals surface area (Å²) < 4.78 is 0. The van der Waals surface area contributed by atoms with Crippen molar-refractivity contribution in [1.82, 2.24) is 9.80 Å². The second-order valence-corrected chi connectivity index (χ2v) is 4.08. The molecular weight excluding hydrogens is 150 g/mol. The minimum Gasteiger partial charge on any atom is -0.327 e. The highest BCUT2D eigenvalue weighted by Gasteiger charge is 2.21. The van der Waals surface area contributed by atoms with Crippen molar-refractivity contribution in [3.8, 4) is 0 Å². The summed E-state index contributed by atoms with van der Waals surface area (Å²) in [6.45, 7) is 8.90. The molecule has 3 heteroatoms. The summed E-state index contributed by atoms with van der Waals surface area (Å²) in [6, 6.07) is 0.964. The molecule has 1 saturated heterocycles. The fourth-order valence-corrected chi connectivity index (χ4v) is 1.82. The van der Waals surface area contributed by atoms with Crippen LogP contribution >= 0.6 is 0 Å². The van der Waals surface area contributed by atoms with E-state index < -0.39 is 0 Å². The highest BCUT2D eigenvalue weighted by atomic mass is 15.3. The van der Waals surface area contributed by atoms with E-state index in [1.807, 2.05) is 0 Å². The predicted molar refractivity (Wildman–Crippen MR) is 52.2 cm³/mol. The molecule has 0 aliphatic carbocycles. The molecule has 0 aromatic heterocycles. The lowest BCUT2D eigenvalue weighted by Gasteiger charge is -2.38. The van der Waals surface area contributed by atoms with Gasteiger partial charge in [-0.25, -0.2) is 0 Å². The first kappa shape index (κ1) is 9.96. The van der Waals surface area contributed by atoms with Crippen LogP contribution in [0.1, 0.15) is 13.8 Å². The van der Waals surface area contributed by atoms with Crippen LogP contribution < -0.4 is 5.73 Å². The van der Waals surface area contributed by atoms with Gasteiger partial charge in [0, 0.05) is 38.3 Å². The fraction of sp³-hybridized carbons (Fsp3) is 1.00. The molecule has 0 spiro atoms. The topological polar surface area (TPSA) is 32.5 Å². The Bertz CT molecular complexity index is 136. The summed E-state index contributed by atoms with van der Waals surface area (Å²) in [7, 11) is 2.18. The molecule has 12 heavy (non-hydrogen) atoms. The Labute approximate surface area is 75.5 Å². The smallest absolute Gasteiger partial charge is 0.0195 e. The lowest BCUT2D eigenvalue weighted by atomic mass is 10.2. The Balaban J connectivity index is 2.34. The maximum atomic E-state index is 5.76. The largest absolute Gasteiger partial charge is 0.327 e. The zero-order chi connectivity index (χ0) is 9.14. The van der Waals surface area contributed by atoms with Crippen LogP contribution in [0.5, 0.6) is 0 Å². The molecule has 0 bridgehead atoms. The Morgan fingerprint density at radius 2 is 2.17 bits per heavy atom. The van der Waals surface area contributed by atoms with Gasteiger partial charge in [0.15, 0.2) is 0 Å². The van der Waals surface area contributed by atoms with Gasteiger partial charge in [-0.3, -0.25) is 4.90 Å².